The van der Waals surface area contributed by atoms with Crippen molar-refractivity contribution in [3.63, 3.8) is 0 Å². The maximum Gasteiger partial charge on any atom is 0.251 e. The van der Waals surface area contributed by atoms with Crippen molar-refractivity contribution in [1.82, 2.24) is 20.3 Å². The van der Waals surface area contributed by atoms with Gasteiger partial charge in [-0.1, -0.05) is 51.8 Å². The molecule has 1 aliphatic carbocycles. The molecule has 1 saturated carbocycles. The number of anilines is 2. The van der Waals surface area contributed by atoms with E-state index in [4.69, 9.17) is 16.6 Å². The van der Waals surface area contributed by atoms with E-state index in [1.807, 2.05) is 30.5 Å². The van der Waals surface area contributed by atoms with E-state index in [0.717, 1.165) is 42.1 Å². The fraction of sp³-hybridized carbons (Fsp3) is 0.241. The first-order valence-electron chi connectivity index (χ1n) is 12.8. The molecule has 2 heterocycles. The standard InChI is InChI=1S/C29H28BrClN6O2/c30-14-4-9-26(38)34-19-12-10-18(11-13-19)28(39)35-20-5-3-6-21(15-20)36-29-33-17-24(31)27(37-29)23-16-32-25-8-2-1-7-22(23)25/h1-2,4,7-13,16-17,20-21,32H,3,5-6,14-15H2,(H,34,38)(H,35,39)(H,33,36,37)/t20-,21+/m0/s1. The van der Waals surface area contributed by atoms with E-state index in [-0.39, 0.29) is 23.9 Å². The number of halogens is 2. The number of nitrogens with zero attached hydrogens (tertiary/aromatic N) is 2. The molecule has 5 rings (SSSR count). The number of allylic oxidation sites excluding steroid dienone is 1. The topological polar surface area (TPSA) is 112 Å². The molecule has 2 aromatic heterocycles. The van der Waals surface area contributed by atoms with Crippen LogP contribution in [0, 0.1) is 0 Å². The van der Waals surface area contributed by atoms with Crippen molar-refractivity contribution in [3.05, 3.63) is 83.7 Å². The Labute approximate surface area is 239 Å². The van der Waals surface area contributed by atoms with Crippen LogP contribution in [0.3, 0.4) is 0 Å². The van der Waals surface area contributed by atoms with Crippen LogP contribution in [0.15, 0.2) is 73.1 Å². The lowest BCUT2D eigenvalue weighted by Crippen LogP contribution is -2.42. The Bertz CT molecular complexity index is 1500. The second kappa shape index (κ2) is 12.4. The fourth-order valence-corrected chi connectivity index (χ4v) is 5.22. The molecule has 0 bridgehead atoms. The normalized spacial score (nSPS) is 17.3. The summed E-state index contributed by atoms with van der Waals surface area (Å²) in [7, 11) is 0. The van der Waals surface area contributed by atoms with Crippen molar-refractivity contribution < 1.29 is 9.59 Å². The first-order valence-corrected chi connectivity index (χ1v) is 14.3. The minimum Gasteiger partial charge on any atom is -0.360 e. The largest absolute Gasteiger partial charge is 0.360 e. The van der Waals surface area contributed by atoms with Crippen molar-refractivity contribution in [3.8, 4) is 11.3 Å². The summed E-state index contributed by atoms with van der Waals surface area (Å²) in [6.45, 7) is 0. The van der Waals surface area contributed by atoms with Crippen LogP contribution >= 0.6 is 27.5 Å². The highest BCUT2D eigenvalue weighted by molar-refractivity contribution is 9.09. The lowest BCUT2D eigenvalue weighted by Gasteiger charge is -2.30. The van der Waals surface area contributed by atoms with Crippen LogP contribution in [0.2, 0.25) is 5.02 Å². The average molecular weight is 608 g/mol. The Morgan fingerprint density at radius 1 is 1.10 bits per heavy atom. The second-order valence-electron chi connectivity index (χ2n) is 9.44. The number of aromatic amines is 1. The lowest BCUT2D eigenvalue weighted by atomic mass is 9.91. The van der Waals surface area contributed by atoms with Gasteiger partial charge in [-0.05, 0) is 56.0 Å². The van der Waals surface area contributed by atoms with Gasteiger partial charge in [0, 0.05) is 57.4 Å². The number of amides is 2. The van der Waals surface area contributed by atoms with Crippen LogP contribution in [0.25, 0.3) is 22.2 Å². The number of aromatic nitrogens is 3. The number of hydrogen-bond donors (Lipinski definition) is 4. The molecule has 2 amide bonds. The SMILES string of the molecule is O=C(C=CCBr)Nc1ccc(C(=O)N[C@H]2CCC[C@@H](Nc3ncc(Cl)c(-c4c[nH]c5ccccc45)n3)C2)cc1. The maximum absolute atomic E-state index is 12.9. The summed E-state index contributed by atoms with van der Waals surface area (Å²) < 4.78 is 0. The van der Waals surface area contributed by atoms with E-state index in [1.165, 1.54) is 6.08 Å². The molecule has 8 nitrogen and oxygen atoms in total. The number of rotatable bonds is 8. The molecular formula is C29H28BrClN6O2. The zero-order chi connectivity index (χ0) is 27.2. The molecular weight excluding hydrogens is 580 g/mol. The Hall–Kier alpha value is -3.69. The number of nitrogens with one attached hydrogen (secondary N) is 4. The van der Waals surface area contributed by atoms with Crippen LogP contribution < -0.4 is 16.0 Å². The molecule has 2 atom stereocenters. The smallest absolute Gasteiger partial charge is 0.251 e. The quantitative estimate of drug-likeness (QED) is 0.138. The van der Waals surface area contributed by atoms with Crippen molar-refractivity contribution in [2.24, 2.45) is 0 Å². The molecule has 39 heavy (non-hydrogen) atoms. The molecule has 1 aliphatic rings. The second-order valence-corrected chi connectivity index (χ2v) is 10.5. The highest BCUT2D eigenvalue weighted by atomic mass is 79.9. The average Bonchev–Trinajstić information content (AvgIpc) is 3.37. The van der Waals surface area contributed by atoms with Crippen molar-refractivity contribution in [1.29, 1.82) is 0 Å². The van der Waals surface area contributed by atoms with E-state index < -0.39 is 0 Å². The van der Waals surface area contributed by atoms with Gasteiger partial charge < -0.3 is 20.9 Å². The lowest BCUT2D eigenvalue weighted by molar-refractivity contribution is -0.111. The van der Waals surface area contributed by atoms with E-state index in [0.29, 0.717) is 33.2 Å². The van der Waals surface area contributed by atoms with Gasteiger partial charge in [0.2, 0.25) is 11.9 Å². The van der Waals surface area contributed by atoms with Crippen molar-refractivity contribution >= 4 is 61.9 Å². The molecule has 10 heteroatoms. The van der Waals surface area contributed by atoms with E-state index in [1.54, 1.807) is 36.5 Å². The molecule has 0 unspecified atom stereocenters. The van der Waals surface area contributed by atoms with Crippen LogP contribution in [0.5, 0.6) is 0 Å². The molecule has 0 spiro atoms. The number of H-pyrrole nitrogens is 1. The number of alkyl halides is 1. The number of fused-ring (bicyclic) bond motifs is 1. The minimum atomic E-state index is -0.217. The minimum absolute atomic E-state index is 0.0258. The summed E-state index contributed by atoms with van der Waals surface area (Å²) in [6.07, 6.45) is 10.3. The Morgan fingerprint density at radius 3 is 2.72 bits per heavy atom. The van der Waals surface area contributed by atoms with Crippen molar-refractivity contribution in [2.45, 2.75) is 37.8 Å². The van der Waals surface area contributed by atoms with Gasteiger partial charge in [0.25, 0.3) is 5.91 Å². The summed E-state index contributed by atoms with van der Waals surface area (Å²) in [5.74, 6) is 0.160. The van der Waals surface area contributed by atoms with Gasteiger partial charge >= 0.3 is 0 Å². The van der Waals surface area contributed by atoms with E-state index >= 15 is 0 Å². The number of carbonyl (C=O) groups is 2. The van der Waals surface area contributed by atoms with Crippen LogP contribution in [-0.2, 0) is 4.79 Å². The fourth-order valence-electron chi connectivity index (χ4n) is 4.84. The van der Waals surface area contributed by atoms with Crippen LogP contribution in [0.4, 0.5) is 11.6 Å². The number of hydrogen-bond acceptors (Lipinski definition) is 5. The van der Waals surface area contributed by atoms with Gasteiger partial charge in [-0.2, -0.15) is 0 Å². The maximum atomic E-state index is 12.9. The molecule has 0 aliphatic heterocycles. The number of benzene rings is 2. The molecule has 1 fully saturated rings. The summed E-state index contributed by atoms with van der Waals surface area (Å²) in [5, 5.41) is 11.5. The van der Waals surface area contributed by atoms with Gasteiger partial charge in [0.1, 0.15) is 0 Å². The zero-order valence-corrected chi connectivity index (χ0v) is 23.4. The Balaban J connectivity index is 1.20. The predicted octanol–water partition coefficient (Wildman–Crippen LogP) is 6.32. The third-order valence-electron chi connectivity index (χ3n) is 6.70. The van der Waals surface area contributed by atoms with Gasteiger partial charge in [0.05, 0.1) is 16.9 Å². The van der Waals surface area contributed by atoms with Gasteiger partial charge in [0.15, 0.2) is 0 Å². The molecule has 4 aromatic rings. The zero-order valence-electron chi connectivity index (χ0n) is 21.1. The highest BCUT2D eigenvalue weighted by Crippen LogP contribution is 2.32. The molecule has 0 saturated heterocycles. The molecule has 4 N–H and O–H groups in total. The highest BCUT2D eigenvalue weighted by Gasteiger charge is 2.25. The van der Waals surface area contributed by atoms with E-state index in [9.17, 15) is 9.59 Å². The monoisotopic (exact) mass is 606 g/mol. The summed E-state index contributed by atoms with van der Waals surface area (Å²) in [5.41, 5.74) is 3.79. The third kappa shape index (κ3) is 6.66. The number of carbonyl (C=O) groups excluding carboxylic acids is 2. The van der Waals surface area contributed by atoms with Gasteiger partial charge in [-0.3, -0.25) is 9.59 Å². The van der Waals surface area contributed by atoms with Crippen molar-refractivity contribution in [2.75, 3.05) is 16.0 Å². The summed E-state index contributed by atoms with van der Waals surface area (Å²) in [4.78, 5) is 37.2. The first-order chi connectivity index (χ1) is 19.0. The van der Waals surface area contributed by atoms with E-state index in [2.05, 4.69) is 41.8 Å². The molecule has 0 radical (unpaired) electrons. The van der Waals surface area contributed by atoms with Crippen LogP contribution in [0.1, 0.15) is 36.0 Å². The summed E-state index contributed by atoms with van der Waals surface area (Å²) >= 11 is 9.73. The van der Waals surface area contributed by atoms with Gasteiger partial charge in [-0.25, -0.2) is 9.97 Å². The third-order valence-corrected chi connectivity index (χ3v) is 7.35. The Morgan fingerprint density at radius 2 is 1.90 bits per heavy atom. The first kappa shape index (κ1) is 26.9. The predicted molar refractivity (Wildman–Crippen MR) is 159 cm³/mol. The van der Waals surface area contributed by atoms with Crippen LogP contribution in [-0.4, -0.2) is 44.2 Å². The summed E-state index contributed by atoms with van der Waals surface area (Å²) in [6, 6.07) is 15.0. The number of para-hydroxylation sites is 1. The molecule has 200 valence electrons. The Kier molecular flexibility index (Phi) is 8.58. The molecule has 2 aromatic carbocycles. The van der Waals surface area contributed by atoms with Gasteiger partial charge in [-0.15, -0.1) is 0 Å².